The highest BCUT2D eigenvalue weighted by Crippen LogP contribution is 2.26. The molecule has 0 aliphatic rings. The van der Waals surface area contributed by atoms with Gasteiger partial charge in [0.15, 0.2) is 0 Å². The molecule has 1 aromatic heterocycles. The number of methoxy groups -OCH3 is 2. The molecule has 19 heavy (non-hydrogen) atoms. The van der Waals surface area contributed by atoms with Gasteiger partial charge in [0.1, 0.15) is 18.9 Å². The molecular weight excluding hydrogens is 316 g/mol. The minimum Gasteiger partial charge on any atom is -0.468 e. The van der Waals surface area contributed by atoms with Gasteiger partial charge in [0.05, 0.1) is 18.7 Å². The Balaban J connectivity index is 3.04. The van der Waals surface area contributed by atoms with Crippen molar-refractivity contribution in [1.29, 1.82) is 0 Å². The van der Waals surface area contributed by atoms with E-state index in [4.69, 9.17) is 0 Å². The molecule has 0 aliphatic heterocycles. The Morgan fingerprint density at radius 3 is 2.26 bits per heavy atom. The van der Waals surface area contributed by atoms with Crippen molar-refractivity contribution in [3.8, 4) is 0 Å². The first-order valence-corrected chi connectivity index (χ1v) is 6.28. The van der Waals surface area contributed by atoms with Gasteiger partial charge in [0.25, 0.3) is 0 Å². The van der Waals surface area contributed by atoms with Gasteiger partial charge in [-0.25, -0.2) is 4.98 Å². The van der Waals surface area contributed by atoms with Crippen LogP contribution in [0.25, 0.3) is 0 Å². The number of carbonyl (C=O) groups is 2. The summed E-state index contributed by atoms with van der Waals surface area (Å²) in [5.41, 5.74) is 0.949. The third-order valence-electron chi connectivity index (χ3n) is 2.46. The van der Waals surface area contributed by atoms with Gasteiger partial charge in [0, 0.05) is 6.20 Å². The molecule has 104 valence electrons. The number of aryl methyl sites for hydroxylation is 1. The third-order valence-corrected chi connectivity index (χ3v) is 3.44. The maximum atomic E-state index is 11.4. The van der Waals surface area contributed by atoms with E-state index < -0.39 is 11.9 Å². The second kappa shape index (κ2) is 7.08. The van der Waals surface area contributed by atoms with E-state index in [2.05, 4.69) is 30.4 Å². The van der Waals surface area contributed by atoms with Crippen LogP contribution in [0.1, 0.15) is 5.56 Å². The summed E-state index contributed by atoms with van der Waals surface area (Å²) in [5.74, 6) is -0.422. The number of halogens is 1. The number of esters is 2. The molecule has 0 saturated carbocycles. The van der Waals surface area contributed by atoms with Gasteiger partial charge in [-0.1, -0.05) is 0 Å². The van der Waals surface area contributed by atoms with E-state index in [1.54, 1.807) is 6.20 Å². The van der Waals surface area contributed by atoms with Crippen molar-refractivity contribution in [3.05, 3.63) is 22.3 Å². The van der Waals surface area contributed by atoms with Gasteiger partial charge >= 0.3 is 11.9 Å². The lowest BCUT2D eigenvalue weighted by Crippen LogP contribution is -2.36. The van der Waals surface area contributed by atoms with Crippen LogP contribution in [0.3, 0.4) is 0 Å². The van der Waals surface area contributed by atoms with Crippen molar-refractivity contribution in [2.45, 2.75) is 6.92 Å². The van der Waals surface area contributed by atoms with Crippen molar-refractivity contribution in [2.75, 3.05) is 32.2 Å². The van der Waals surface area contributed by atoms with Crippen LogP contribution in [0.5, 0.6) is 0 Å². The van der Waals surface area contributed by atoms with E-state index in [0.29, 0.717) is 5.82 Å². The summed E-state index contributed by atoms with van der Waals surface area (Å²) in [7, 11) is 2.58. The minimum absolute atomic E-state index is 0.0827. The maximum Gasteiger partial charge on any atom is 0.325 e. The van der Waals surface area contributed by atoms with Crippen molar-refractivity contribution in [3.63, 3.8) is 0 Å². The van der Waals surface area contributed by atoms with Crippen LogP contribution in [0.2, 0.25) is 0 Å². The quantitative estimate of drug-likeness (QED) is 0.758. The number of rotatable bonds is 5. The Hall–Kier alpha value is -1.63. The Morgan fingerprint density at radius 2 is 1.79 bits per heavy atom. The van der Waals surface area contributed by atoms with E-state index in [-0.39, 0.29) is 13.1 Å². The Labute approximate surface area is 119 Å². The number of hydrogen-bond donors (Lipinski definition) is 0. The Bertz CT molecular complexity index is 461. The summed E-state index contributed by atoms with van der Waals surface area (Å²) >= 11 is 3.40. The SMILES string of the molecule is COC(=O)CN(CC(=O)OC)c1nccc(C)c1Br. The zero-order chi connectivity index (χ0) is 14.4. The van der Waals surface area contributed by atoms with E-state index in [1.165, 1.54) is 19.1 Å². The predicted octanol–water partition coefficient (Wildman–Crippen LogP) is 1.30. The van der Waals surface area contributed by atoms with Crippen LogP contribution < -0.4 is 4.90 Å². The molecule has 0 aliphatic carbocycles. The zero-order valence-electron chi connectivity index (χ0n) is 11.0. The van der Waals surface area contributed by atoms with E-state index in [0.717, 1.165) is 10.0 Å². The maximum absolute atomic E-state index is 11.4. The molecule has 0 bridgehead atoms. The topological polar surface area (TPSA) is 68.7 Å². The second-order valence-corrected chi connectivity index (χ2v) is 4.57. The lowest BCUT2D eigenvalue weighted by Gasteiger charge is -2.22. The normalized spacial score (nSPS) is 9.89. The molecule has 0 saturated heterocycles. The molecule has 0 radical (unpaired) electrons. The summed E-state index contributed by atoms with van der Waals surface area (Å²) in [6.45, 7) is 1.73. The van der Waals surface area contributed by atoms with Crippen molar-refractivity contribution in [1.82, 2.24) is 4.98 Å². The molecule has 0 amide bonds. The second-order valence-electron chi connectivity index (χ2n) is 3.77. The van der Waals surface area contributed by atoms with Crippen LogP contribution in [-0.4, -0.2) is 44.2 Å². The fourth-order valence-corrected chi connectivity index (χ4v) is 1.88. The van der Waals surface area contributed by atoms with Gasteiger partial charge in [-0.15, -0.1) is 0 Å². The van der Waals surface area contributed by atoms with E-state index in [9.17, 15) is 9.59 Å². The highest BCUT2D eigenvalue weighted by molar-refractivity contribution is 9.10. The summed E-state index contributed by atoms with van der Waals surface area (Å²) in [6, 6.07) is 1.82. The average molecular weight is 331 g/mol. The molecule has 0 atom stereocenters. The Kier molecular flexibility index (Phi) is 5.75. The molecule has 7 heteroatoms. The molecule has 6 nitrogen and oxygen atoms in total. The highest BCUT2D eigenvalue weighted by Gasteiger charge is 2.20. The average Bonchev–Trinajstić information content (AvgIpc) is 2.40. The number of hydrogen-bond acceptors (Lipinski definition) is 6. The third kappa shape index (κ3) is 4.20. The molecule has 0 aromatic carbocycles. The molecule has 0 unspecified atom stereocenters. The van der Waals surface area contributed by atoms with Gasteiger partial charge in [-0.2, -0.15) is 0 Å². The summed E-state index contributed by atoms with van der Waals surface area (Å²) < 4.78 is 9.95. The zero-order valence-corrected chi connectivity index (χ0v) is 12.6. The fourth-order valence-electron chi connectivity index (χ4n) is 1.39. The Morgan fingerprint density at radius 1 is 1.26 bits per heavy atom. The van der Waals surface area contributed by atoms with Crippen LogP contribution in [0.4, 0.5) is 5.82 Å². The number of anilines is 1. The van der Waals surface area contributed by atoms with Crippen molar-refractivity contribution in [2.24, 2.45) is 0 Å². The molecule has 0 spiro atoms. The predicted molar refractivity (Wildman–Crippen MR) is 72.9 cm³/mol. The molecule has 1 rings (SSSR count). The molecule has 1 heterocycles. The van der Waals surface area contributed by atoms with E-state index >= 15 is 0 Å². The molecular formula is C12H15BrN2O4. The number of ether oxygens (including phenoxy) is 2. The minimum atomic E-state index is -0.459. The molecule has 1 aromatic rings. The van der Waals surface area contributed by atoms with Crippen LogP contribution in [0.15, 0.2) is 16.7 Å². The highest BCUT2D eigenvalue weighted by atomic mass is 79.9. The van der Waals surface area contributed by atoms with Crippen LogP contribution in [0, 0.1) is 6.92 Å². The molecule has 0 N–H and O–H groups in total. The van der Waals surface area contributed by atoms with Gasteiger partial charge in [-0.3, -0.25) is 9.59 Å². The van der Waals surface area contributed by atoms with Gasteiger partial charge in [-0.05, 0) is 34.5 Å². The van der Waals surface area contributed by atoms with Gasteiger partial charge < -0.3 is 14.4 Å². The lowest BCUT2D eigenvalue weighted by atomic mass is 10.3. The van der Waals surface area contributed by atoms with Crippen LogP contribution >= 0.6 is 15.9 Å². The first kappa shape index (κ1) is 15.4. The first-order chi connectivity index (χ1) is 8.99. The van der Waals surface area contributed by atoms with Crippen molar-refractivity contribution >= 4 is 33.7 Å². The van der Waals surface area contributed by atoms with E-state index in [1.807, 2.05) is 13.0 Å². The summed E-state index contributed by atoms with van der Waals surface area (Å²) in [4.78, 5) is 28.5. The van der Waals surface area contributed by atoms with Crippen molar-refractivity contribution < 1.29 is 19.1 Å². The fraction of sp³-hybridized carbons (Fsp3) is 0.417. The summed E-state index contributed by atoms with van der Waals surface area (Å²) in [6.07, 6.45) is 1.61. The number of aromatic nitrogens is 1. The van der Waals surface area contributed by atoms with Crippen LogP contribution in [-0.2, 0) is 19.1 Å². The number of pyridine rings is 1. The monoisotopic (exact) mass is 330 g/mol. The number of carbonyl (C=O) groups excluding carboxylic acids is 2. The largest absolute Gasteiger partial charge is 0.468 e. The lowest BCUT2D eigenvalue weighted by molar-refractivity contribution is -0.140. The smallest absolute Gasteiger partial charge is 0.325 e. The summed E-state index contributed by atoms with van der Waals surface area (Å²) in [5, 5.41) is 0. The first-order valence-electron chi connectivity index (χ1n) is 5.49. The standard InChI is InChI=1S/C12H15BrN2O4/c1-8-4-5-14-12(11(8)13)15(6-9(16)18-2)7-10(17)19-3/h4-5H,6-7H2,1-3H3. The molecule has 0 fully saturated rings. The van der Waals surface area contributed by atoms with Gasteiger partial charge in [0.2, 0.25) is 0 Å². The number of nitrogens with zero attached hydrogens (tertiary/aromatic N) is 2.